The number of nitrogens with zero attached hydrogens (tertiary/aromatic N) is 3. The van der Waals surface area contributed by atoms with E-state index >= 15 is 0 Å². The molecule has 200 valence electrons. The predicted octanol–water partition coefficient (Wildman–Crippen LogP) is 5.77. The lowest BCUT2D eigenvalue weighted by molar-refractivity contribution is 0.103. The van der Waals surface area contributed by atoms with Crippen LogP contribution < -0.4 is 10.1 Å². The van der Waals surface area contributed by atoms with Gasteiger partial charge in [-0.2, -0.15) is 0 Å². The fourth-order valence-electron chi connectivity index (χ4n) is 4.81. The third-order valence-corrected chi connectivity index (χ3v) is 8.01. The number of hydrogen-bond acceptors (Lipinski definition) is 7. The van der Waals surface area contributed by atoms with Gasteiger partial charge >= 0.3 is 12.1 Å². The van der Waals surface area contributed by atoms with E-state index in [1.54, 1.807) is 36.2 Å². The standard InChI is InChI=1S/C30H24N4O5S/c1-38-30(37)32-29(36)34-16-24(22-10-9-21(14-25(22)34)39-17-19-6-3-2-4-7-19)27(35)23-11-13-33-26(23)18-40-28(33)20-8-5-12-31-15-20/h2-16,28H,17-18H2,1H3,(H,32,36,37). The lowest BCUT2D eigenvalue weighted by Gasteiger charge is -2.11. The summed E-state index contributed by atoms with van der Waals surface area (Å²) in [4.78, 5) is 43.0. The maximum atomic E-state index is 13.9. The second-order valence-electron chi connectivity index (χ2n) is 9.15. The number of amides is 2. The molecule has 2 amide bonds. The maximum Gasteiger partial charge on any atom is 0.415 e. The van der Waals surface area contributed by atoms with Gasteiger partial charge < -0.3 is 14.0 Å². The number of alkyl carbamates (subject to hydrolysis) is 1. The molecule has 10 heteroatoms. The number of aromatic nitrogens is 3. The summed E-state index contributed by atoms with van der Waals surface area (Å²) < 4.78 is 13.9. The number of ketones is 1. The Balaban J connectivity index is 1.36. The predicted molar refractivity (Wildman–Crippen MR) is 151 cm³/mol. The fourth-order valence-corrected chi connectivity index (χ4v) is 6.12. The van der Waals surface area contributed by atoms with Crippen molar-refractivity contribution in [2.75, 3.05) is 7.11 Å². The number of thioether (sulfide) groups is 1. The van der Waals surface area contributed by atoms with Crippen molar-refractivity contribution in [2.24, 2.45) is 0 Å². The third-order valence-electron chi connectivity index (χ3n) is 6.75. The summed E-state index contributed by atoms with van der Waals surface area (Å²) >= 11 is 1.72. The van der Waals surface area contributed by atoms with Gasteiger partial charge in [0.2, 0.25) is 0 Å². The molecule has 0 radical (unpaired) electrons. The molecule has 1 N–H and O–H groups in total. The minimum atomic E-state index is -0.903. The Morgan fingerprint density at radius 1 is 1.05 bits per heavy atom. The second kappa shape index (κ2) is 10.7. The molecular formula is C30H24N4O5S. The minimum Gasteiger partial charge on any atom is -0.489 e. The molecule has 2 aromatic carbocycles. The quantitative estimate of drug-likeness (QED) is 0.267. The first-order valence-corrected chi connectivity index (χ1v) is 13.6. The molecule has 6 rings (SSSR count). The number of methoxy groups -OCH3 is 1. The van der Waals surface area contributed by atoms with Crippen molar-refractivity contribution < 1.29 is 23.9 Å². The van der Waals surface area contributed by atoms with Crippen LogP contribution in [0.15, 0.2) is 91.5 Å². The summed E-state index contributed by atoms with van der Waals surface area (Å²) in [6.45, 7) is 0.333. The molecular weight excluding hydrogens is 528 g/mol. The van der Waals surface area contributed by atoms with Crippen LogP contribution >= 0.6 is 11.8 Å². The summed E-state index contributed by atoms with van der Waals surface area (Å²) in [5, 5.41) is 2.76. The Morgan fingerprint density at radius 3 is 2.67 bits per heavy atom. The van der Waals surface area contributed by atoms with Crippen LogP contribution in [0.4, 0.5) is 9.59 Å². The molecule has 3 aromatic heterocycles. The van der Waals surface area contributed by atoms with Gasteiger partial charge in [-0.3, -0.25) is 14.3 Å². The highest BCUT2D eigenvalue weighted by atomic mass is 32.2. The highest BCUT2D eigenvalue weighted by Crippen LogP contribution is 2.42. The van der Waals surface area contributed by atoms with E-state index in [1.807, 2.05) is 60.9 Å². The number of fused-ring (bicyclic) bond motifs is 2. The Bertz CT molecular complexity index is 1730. The summed E-state index contributed by atoms with van der Waals surface area (Å²) in [6.07, 6.45) is 6.04. The van der Waals surface area contributed by atoms with E-state index in [-0.39, 0.29) is 11.2 Å². The number of hydrogen-bond donors (Lipinski definition) is 1. The van der Waals surface area contributed by atoms with E-state index in [2.05, 4.69) is 19.6 Å². The zero-order valence-electron chi connectivity index (χ0n) is 21.4. The molecule has 5 aromatic rings. The molecule has 1 aliphatic heterocycles. The van der Waals surface area contributed by atoms with Crippen molar-refractivity contribution in [2.45, 2.75) is 17.7 Å². The molecule has 1 aliphatic rings. The lowest BCUT2D eigenvalue weighted by Crippen LogP contribution is -2.33. The third kappa shape index (κ3) is 4.73. The highest BCUT2D eigenvalue weighted by molar-refractivity contribution is 7.99. The zero-order chi connectivity index (χ0) is 27.6. The van der Waals surface area contributed by atoms with Crippen molar-refractivity contribution in [3.05, 3.63) is 119 Å². The molecule has 0 aliphatic carbocycles. The number of carbonyl (C=O) groups excluding carboxylic acids is 3. The Kier molecular flexibility index (Phi) is 6.83. The normalized spacial score (nSPS) is 14.1. The molecule has 40 heavy (non-hydrogen) atoms. The monoisotopic (exact) mass is 552 g/mol. The van der Waals surface area contributed by atoms with Gasteiger partial charge in [0.15, 0.2) is 5.78 Å². The van der Waals surface area contributed by atoms with E-state index in [1.165, 1.54) is 17.9 Å². The number of pyridine rings is 1. The zero-order valence-corrected chi connectivity index (χ0v) is 22.3. The molecule has 0 spiro atoms. The van der Waals surface area contributed by atoms with Gasteiger partial charge in [0.05, 0.1) is 12.6 Å². The smallest absolute Gasteiger partial charge is 0.415 e. The first kappa shape index (κ1) is 25.4. The van der Waals surface area contributed by atoms with Crippen LogP contribution in [-0.2, 0) is 17.1 Å². The van der Waals surface area contributed by atoms with Crippen molar-refractivity contribution in [1.82, 2.24) is 19.4 Å². The average molecular weight is 553 g/mol. The van der Waals surface area contributed by atoms with Gasteiger partial charge in [0.25, 0.3) is 0 Å². The van der Waals surface area contributed by atoms with E-state index in [0.717, 1.165) is 16.8 Å². The van der Waals surface area contributed by atoms with Gasteiger partial charge in [-0.1, -0.05) is 36.4 Å². The van der Waals surface area contributed by atoms with E-state index in [9.17, 15) is 14.4 Å². The van der Waals surface area contributed by atoms with Crippen LogP contribution in [0.3, 0.4) is 0 Å². The molecule has 0 bridgehead atoms. The fraction of sp³-hybridized carbons (Fsp3) is 0.133. The highest BCUT2D eigenvalue weighted by Gasteiger charge is 2.30. The SMILES string of the molecule is COC(=O)NC(=O)n1cc(C(=O)c2ccn3c2CSC3c2cccnc2)c2ccc(OCc3ccccc3)cc21. The van der Waals surface area contributed by atoms with Crippen LogP contribution in [0, 0.1) is 0 Å². The molecule has 1 unspecified atom stereocenters. The molecule has 4 heterocycles. The lowest BCUT2D eigenvalue weighted by atomic mass is 10.0. The van der Waals surface area contributed by atoms with E-state index < -0.39 is 12.1 Å². The Morgan fingerprint density at radius 2 is 1.90 bits per heavy atom. The first-order valence-electron chi connectivity index (χ1n) is 12.5. The molecule has 0 fully saturated rings. The van der Waals surface area contributed by atoms with Crippen molar-refractivity contribution >= 4 is 40.6 Å². The maximum absolute atomic E-state index is 13.9. The van der Waals surface area contributed by atoms with Crippen LogP contribution in [0.1, 0.15) is 38.1 Å². The number of ether oxygens (including phenoxy) is 2. The van der Waals surface area contributed by atoms with Crippen LogP contribution in [0.2, 0.25) is 0 Å². The first-order chi connectivity index (χ1) is 19.5. The number of benzene rings is 2. The topological polar surface area (TPSA) is 104 Å². The Labute approximate surface area is 233 Å². The van der Waals surface area contributed by atoms with Crippen LogP contribution in [-0.4, -0.2) is 39.1 Å². The van der Waals surface area contributed by atoms with Crippen LogP contribution in [0.25, 0.3) is 10.9 Å². The average Bonchev–Trinajstić information content (AvgIpc) is 3.70. The number of rotatable bonds is 6. The molecule has 0 saturated heterocycles. The largest absolute Gasteiger partial charge is 0.489 e. The second-order valence-corrected chi connectivity index (χ2v) is 10.2. The molecule has 9 nitrogen and oxygen atoms in total. The van der Waals surface area contributed by atoms with Crippen molar-refractivity contribution in [3.63, 3.8) is 0 Å². The number of nitrogens with one attached hydrogen (secondary N) is 1. The van der Waals surface area contributed by atoms with E-state index in [4.69, 9.17) is 4.74 Å². The summed E-state index contributed by atoms with van der Waals surface area (Å²) in [5.41, 5.74) is 4.28. The Hall–Kier alpha value is -4.83. The number of imide groups is 1. The molecule has 0 saturated carbocycles. The van der Waals surface area contributed by atoms with Gasteiger partial charge in [-0.25, -0.2) is 14.9 Å². The van der Waals surface area contributed by atoms with Crippen molar-refractivity contribution in [3.8, 4) is 5.75 Å². The minimum absolute atomic E-state index is 0.0294. The summed E-state index contributed by atoms with van der Waals surface area (Å²) in [6, 6.07) is 19.9. The van der Waals surface area contributed by atoms with Gasteiger partial charge in [0, 0.05) is 64.4 Å². The van der Waals surface area contributed by atoms with Crippen molar-refractivity contribution in [1.29, 1.82) is 0 Å². The van der Waals surface area contributed by atoms with Gasteiger partial charge in [-0.15, -0.1) is 11.8 Å². The summed E-state index contributed by atoms with van der Waals surface area (Å²) in [5.74, 6) is 0.960. The van der Waals surface area contributed by atoms with E-state index in [0.29, 0.717) is 40.1 Å². The van der Waals surface area contributed by atoms with Gasteiger partial charge in [0.1, 0.15) is 17.7 Å². The molecule has 1 atom stereocenters. The summed E-state index contributed by atoms with van der Waals surface area (Å²) in [7, 11) is 1.17. The van der Waals surface area contributed by atoms with Gasteiger partial charge in [-0.05, 0) is 29.8 Å². The number of carbonyl (C=O) groups is 3. The van der Waals surface area contributed by atoms with Crippen LogP contribution in [0.5, 0.6) is 5.75 Å².